The molecule has 0 radical (unpaired) electrons. The van der Waals surface area contributed by atoms with Gasteiger partial charge in [-0.25, -0.2) is 4.98 Å². The predicted molar refractivity (Wildman–Crippen MR) is 93.4 cm³/mol. The Kier molecular flexibility index (Phi) is 5.53. The van der Waals surface area contributed by atoms with Gasteiger partial charge in [-0.1, -0.05) is 11.6 Å². The van der Waals surface area contributed by atoms with Gasteiger partial charge in [0.25, 0.3) is 0 Å². The monoisotopic (exact) mass is 374 g/mol. The Balaban J connectivity index is 0.00000156. The van der Waals surface area contributed by atoms with Crippen LogP contribution in [0.5, 0.6) is 0 Å². The molecule has 0 aromatic carbocycles. The molecule has 0 spiro atoms. The van der Waals surface area contributed by atoms with Crippen LogP contribution < -0.4 is 5.32 Å². The third-order valence-electron chi connectivity index (χ3n) is 4.49. The highest BCUT2D eigenvalue weighted by atomic mass is 35.5. The van der Waals surface area contributed by atoms with E-state index in [1.165, 1.54) is 5.82 Å². The number of fused-ring (bicyclic) bond motifs is 1. The predicted octanol–water partition coefficient (Wildman–Crippen LogP) is 2.29. The number of hydrogen-bond donors (Lipinski definition) is 1. The summed E-state index contributed by atoms with van der Waals surface area (Å²) in [5.41, 5.74) is 0. The summed E-state index contributed by atoms with van der Waals surface area (Å²) in [6.07, 6.45) is 4.03. The van der Waals surface area contributed by atoms with E-state index in [9.17, 15) is 0 Å². The summed E-state index contributed by atoms with van der Waals surface area (Å²) in [4.78, 5) is 6.81. The second-order valence-corrected chi connectivity index (χ2v) is 7.66. The van der Waals surface area contributed by atoms with Gasteiger partial charge < -0.3 is 9.88 Å². The largest absolute Gasteiger partial charge is 0.312 e. The Hall–Kier alpha value is -0.730. The molecule has 1 N–H and O–H groups in total. The van der Waals surface area contributed by atoms with Gasteiger partial charge >= 0.3 is 0 Å². The lowest BCUT2D eigenvalue weighted by atomic mass is 9.96. The van der Waals surface area contributed by atoms with Gasteiger partial charge in [-0.05, 0) is 25.9 Å². The quantitative estimate of drug-likeness (QED) is 0.892. The number of nitrogens with one attached hydrogen (secondary N) is 1. The van der Waals surface area contributed by atoms with Crippen LogP contribution in [0.1, 0.15) is 35.4 Å². The lowest BCUT2D eigenvalue weighted by Crippen LogP contribution is -2.34. The number of piperidine rings is 1. The van der Waals surface area contributed by atoms with Gasteiger partial charge in [0, 0.05) is 19.0 Å². The number of hydrogen-bond acceptors (Lipinski definition) is 6. The molecule has 9 heteroatoms. The van der Waals surface area contributed by atoms with Crippen LogP contribution in [-0.4, -0.2) is 44.3 Å². The van der Waals surface area contributed by atoms with Crippen molar-refractivity contribution in [1.29, 1.82) is 0 Å². The summed E-state index contributed by atoms with van der Waals surface area (Å²) in [6.45, 7) is 5.93. The van der Waals surface area contributed by atoms with Crippen molar-refractivity contribution in [3.05, 3.63) is 27.2 Å². The molecule has 126 valence electrons. The topological polar surface area (TPSA) is 58.9 Å². The smallest absolute Gasteiger partial charge is 0.147 e. The SMILES string of the molecule is Cl.Clc1cnc(CN2CCC(c3nnc4n3CCNC4)CC2)s1. The minimum absolute atomic E-state index is 0. The number of nitrogens with zero attached hydrogens (tertiary/aromatic N) is 5. The first-order chi connectivity index (χ1) is 10.8. The van der Waals surface area contributed by atoms with E-state index >= 15 is 0 Å². The summed E-state index contributed by atoms with van der Waals surface area (Å²) in [5.74, 6) is 2.81. The van der Waals surface area contributed by atoms with E-state index in [0.717, 1.165) is 67.3 Å². The highest BCUT2D eigenvalue weighted by molar-refractivity contribution is 7.15. The van der Waals surface area contributed by atoms with Gasteiger partial charge in [0.1, 0.15) is 21.0 Å². The van der Waals surface area contributed by atoms with Gasteiger partial charge in [0.15, 0.2) is 0 Å². The molecule has 0 bridgehead atoms. The number of likely N-dealkylation sites (tertiary alicyclic amines) is 1. The summed E-state index contributed by atoms with van der Waals surface area (Å²) < 4.78 is 3.09. The van der Waals surface area contributed by atoms with Crippen molar-refractivity contribution in [1.82, 2.24) is 30.0 Å². The van der Waals surface area contributed by atoms with Crippen molar-refractivity contribution in [2.24, 2.45) is 0 Å². The molecule has 0 unspecified atom stereocenters. The zero-order valence-corrected chi connectivity index (χ0v) is 15.1. The molecule has 0 amide bonds. The Bertz CT molecular complexity index is 649. The molecule has 1 fully saturated rings. The lowest BCUT2D eigenvalue weighted by molar-refractivity contribution is 0.199. The first-order valence-electron chi connectivity index (χ1n) is 7.75. The second-order valence-electron chi connectivity index (χ2n) is 5.91. The van der Waals surface area contributed by atoms with Crippen LogP contribution in [-0.2, 0) is 19.6 Å². The first-order valence-corrected chi connectivity index (χ1v) is 8.94. The summed E-state index contributed by atoms with van der Waals surface area (Å²) in [7, 11) is 0. The molecular weight excluding hydrogens is 355 g/mol. The molecule has 0 atom stereocenters. The van der Waals surface area contributed by atoms with E-state index in [-0.39, 0.29) is 12.4 Å². The second kappa shape index (κ2) is 7.44. The maximum atomic E-state index is 5.95. The summed E-state index contributed by atoms with van der Waals surface area (Å²) in [6, 6.07) is 0. The molecule has 6 nitrogen and oxygen atoms in total. The molecule has 2 aliphatic rings. The van der Waals surface area contributed by atoms with Crippen molar-refractivity contribution >= 4 is 35.3 Å². The molecule has 2 aromatic heterocycles. The normalized spacial score (nSPS) is 19.3. The fourth-order valence-electron chi connectivity index (χ4n) is 3.32. The van der Waals surface area contributed by atoms with Crippen LogP contribution >= 0.6 is 35.3 Å². The van der Waals surface area contributed by atoms with E-state index in [0.29, 0.717) is 5.92 Å². The summed E-state index contributed by atoms with van der Waals surface area (Å²) >= 11 is 7.53. The maximum Gasteiger partial charge on any atom is 0.147 e. The van der Waals surface area contributed by atoms with E-state index in [4.69, 9.17) is 11.6 Å². The van der Waals surface area contributed by atoms with Crippen LogP contribution in [0.2, 0.25) is 4.34 Å². The van der Waals surface area contributed by atoms with E-state index in [1.807, 2.05) is 0 Å². The minimum Gasteiger partial charge on any atom is -0.312 e. The van der Waals surface area contributed by atoms with Crippen molar-refractivity contribution in [3.63, 3.8) is 0 Å². The van der Waals surface area contributed by atoms with Crippen LogP contribution in [0.4, 0.5) is 0 Å². The van der Waals surface area contributed by atoms with E-state index < -0.39 is 0 Å². The van der Waals surface area contributed by atoms with Crippen LogP contribution in [0.3, 0.4) is 0 Å². The first kappa shape index (κ1) is 17.1. The minimum atomic E-state index is 0. The molecule has 1 saturated heterocycles. The molecule has 0 saturated carbocycles. The van der Waals surface area contributed by atoms with Crippen molar-refractivity contribution < 1.29 is 0 Å². The van der Waals surface area contributed by atoms with Crippen molar-refractivity contribution in [2.45, 2.75) is 38.4 Å². The van der Waals surface area contributed by atoms with Gasteiger partial charge in [-0.2, -0.15) is 0 Å². The molecular formula is C14H20Cl2N6S. The van der Waals surface area contributed by atoms with Crippen molar-refractivity contribution in [3.8, 4) is 0 Å². The molecule has 2 aliphatic heterocycles. The molecule has 4 rings (SSSR count). The average molecular weight is 375 g/mol. The fourth-order valence-corrected chi connectivity index (χ4v) is 4.32. The lowest BCUT2D eigenvalue weighted by Gasteiger charge is -2.31. The van der Waals surface area contributed by atoms with E-state index in [1.54, 1.807) is 17.5 Å². The van der Waals surface area contributed by atoms with Gasteiger partial charge in [0.05, 0.1) is 19.3 Å². The van der Waals surface area contributed by atoms with Gasteiger partial charge in [-0.15, -0.1) is 33.9 Å². The van der Waals surface area contributed by atoms with Crippen LogP contribution in [0.15, 0.2) is 6.20 Å². The van der Waals surface area contributed by atoms with Gasteiger partial charge in [0.2, 0.25) is 0 Å². The maximum absolute atomic E-state index is 5.95. The highest BCUT2D eigenvalue weighted by Gasteiger charge is 2.27. The van der Waals surface area contributed by atoms with Crippen LogP contribution in [0, 0.1) is 0 Å². The van der Waals surface area contributed by atoms with Crippen LogP contribution in [0.25, 0.3) is 0 Å². The summed E-state index contributed by atoms with van der Waals surface area (Å²) in [5, 5.41) is 13.2. The average Bonchev–Trinajstić information content (AvgIpc) is 3.14. The Labute approximate surface area is 150 Å². The molecule has 4 heterocycles. The Morgan fingerprint density at radius 1 is 1.26 bits per heavy atom. The third-order valence-corrected chi connectivity index (χ3v) is 5.59. The van der Waals surface area contributed by atoms with Crippen molar-refractivity contribution in [2.75, 3.05) is 19.6 Å². The van der Waals surface area contributed by atoms with E-state index in [2.05, 4.69) is 30.0 Å². The molecule has 0 aliphatic carbocycles. The molecule has 23 heavy (non-hydrogen) atoms. The highest BCUT2D eigenvalue weighted by Crippen LogP contribution is 2.29. The Morgan fingerprint density at radius 2 is 2.09 bits per heavy atom. The third kappa shape index (κ3) is 3.69. The fraction of sp³-hybridized carbons (Fsp3) is 0.643. The number of rotatable bonds is 3. The number of halogens is 2. The number of aromatic nitrogens is 4. The zero-order valence-electron chi connectivity index (χ0n) is 12.7. The van der Waals surface area contributed by atoms with Gasteiger partial charge in [-0.3, -0.25) is 4.90 Å². The Morgan fingerprint density at radius 3 is 2.83 bits per heavy atom. The standard InChI is InChI=1S/C14H19ClN6S.ClH/c15-11-7-17-13(22-11)9-20-4-1-10(2-5-20)14-19-18-12-8-16-3-6-21(12)14;/h7,10,16H,1-6,8-9H2;1H. The molecule has 2 aromatic rings. The number of thiazole rings is 1. The zero-order chi connectivity index (χ0) is 14.9.